The fourth-order valence-corrected chi connectivity index (χ4v) is 4.50. The SMILES string of the molecule is O=C(NCCC=Cc1ccc2[nH]c(C(=O)O)cc2c1)OCC1c2ccccc2-c2ccccc21. The van der Waals surface area contributed by atoms with Gasteiger partial charge in [-0.3, -0.25) is 0 Å². The number of H-pyrrole nitrogens is 1. The minimum Gasteiger partial charge on any atom is -0.477 e. The van der Waals surface area contributed by atoms with Crippen molar-refractivity contribution in [3.63, 3.8) is 0 Å². The van der Waals surface area contributed by atoms with Crippen LogP contribution in [0.4, 0.5) is 4.79 Å². The molecule has 3 aromatic carbocycles. The number of hydrogen-bond donors (Lipinski definition) is 3. The van der Waals surface area contributed by atoms with Gasteiger partial charge in [0, 0.05) is 23.4 Å². The monoisotopic (exact) mass is 452 g/mol. The van der Waals surface area contributed by atoms with Gasteiger partial charge in [0.05, 0.1) is 0 Å². The Hall–Kier alpha value is -4.32. The number of aromatic nitrogens is 1. The number of aromatic carboxylic acids is 1. The summed E-state index contributed by atoms with van der Waals surface area (Å²) in [5, 5.41) is 12.7. The molecule has 0 fully saturated rings. The van der Waals surface area contributed by atoms with Gasteiger partial charge in [-0.05, 0) is 52.4 Å². The molecule has 1 aliphatic rings. The zero-order valence-electron chi connectivity index (χ0n) is 18.5. The number of fused-ring (bicyclic) bond motifs is 4. The molecular formula is C28H24N2O4. The van der Waals surface area contributed by atoms with Gasteiger partial charge in [-0.15, -0.1) is 0 Å². The van der Waals surface area contributed by atoms with Crippen LogP contribution in [0.25, 0.3) is 28.1 Å². The predicted octanol–water partition coefficient (Wildman–Crippen LogP) is 5.81. The van der Waals surface area contributed by atoms with E-state index < -0.39 is 12.1 Å². The third-order valence-electron chi connectivity index (χ3n) is 6.11. The van der Waals surface area contributed by atoms with Crippen LogP contribution in [-0.4, -0.2) is 35.3 Å². The normalized spacial score (nSPS) is 12.6. The first-order valence-corrected chi connectivity index (χ1v) is 11.2. The molecule has 0 unspecified atom stereocenters. The van der Waals surface area contributed by atoms with E-state index in [1.165, 1.54) is 22.3 Å². The Morgan fingerprint density at radius 3 is 2.38 bits per heavy atom. The molecule has 1 amide bonds. The number of alkyl carbamates (subject to hydrolysis) is 1. The van der Waals surface area contributed by atoms with E-state index in [0.29, 0.717) is 19.6 Å². The van der Waals surface area contributed by atoms with Gasteiger partial charge >= 0.3 is 12.1 Å². The van der Waals surface area contributed by atoms with Crippen molar-refractivity contribution in [2.75, 3.05) is 13.2 Å². The number of amides is 1. The molecule has 6 nitrogen and oxygen atoms in total. The molecule has 6 heteroatoms. The van der Waals surface area contributed by atoms with Crippen LogP contribution in [-0.2, 0) is 4.74 Å². The number of ether oxygens (including phenoxy) is 1. The maximum atomic E-state index is 12.3. The first-order chi connectivity index (χ1) is 16.6. The Balaban J connectivity index is 1.12. The van der Waals surface area contributed by atoms with Crippen molar-refractivity contribution >= 4 is 29.0 Å². The Kier molecular flexibility index (Phi) is 5.87. The fraction of sp³-hybridized carbons (Fsp3) is 0.143. The van der Waals surface area contributed by atoms with Crippen molar-refractivity contribution in [1.82, 2.24) is 10.3 Å². The van der Waals surface area contributed by atoms with Crippen molar-refractivity contribution in [3.8, 4) is 11.1 Å². The molecule has 0 saturated heterocycles. The summed E-state index contributed by atoms with van der Waals surface area (Å²) in [5.41, 5.74) is 6.70. The fourth-order valence-electron chi connectivity index (χ4n) is 4.50. The van der Waals surface area contributed by atoms with Crippen LogP contribution in [0.5, 0.6) is 0 Å². The van der Waals surface area contributed by atoms with Crippen LogP contribution in [0.1, 0.15) is 39.5 Å². The summed E-state index contributed by atoms with van der Waals surface area (Å²) in [6.07, 6.45) is 4.14. The molecule has 0 saturated carbocycles. The average Bonchev–Trinajstić information content (AvgIpc) is 3.42. The van der Waals surface area contributed by atoms with Crippen LogP contribution in [0.2, 0.25) is 0 Å². The van der Waals surface area contributed by atoms with Crippen molar-refractivity contribution in [3.05, 3.63) is 101 Å². The van der Waals surface area contributed by atoms with Crippen LogP contribution < -0.4 is 5.32 Å². The first-order valence-electron chi connectivity index (χ1n) is 11.2. The second kappa shape index (κ2) is 9.27. The van der Waals surface area contributed by atoms with E-state index in [1.54, 1.807) is 6.07 Å². The number of hydrogen-bond acceptors (Lipinski definition) is 3. The van der Waals surface area contributed by atoms with Gasteiger partial charge in [-0.2, -0.15) is 0 Å². The number of carboxylic acids is 1. The van der Waals surface area contributed by atoms with E-state index >= 15 is 0 Å². The summed E-state index contributed by atoms with van der Waals surface area (Å²) in [7, 11) is 0. The number of aromatic amines is 1. The lowest BCUT2D eigenvalue weighted by molar-refractivity contribution is 0.0691. The maximum Gasteiger partial charge on any atom is 0.407 e. The summed E-state index contributed by atoms with van der Waals surface area (Å²) >= 11 is 0. The number of nitrogens with one attached hydrogen (secondary N) is 2. The molecule has 0 atom stereocenters. The van der Waals surface area contributed by atoms with Gasteiger partial charge in [0.2, 0.25) is 0 Å². The summed E-state index contributed by atoms with van der Waals surface area (Å²) < 4.78 is 5.55. The quantitative estimate of drug-likeness (QED) is 0.309. The van der Waals surface area contributed by atoms with Gasteiger partial charge < -0.3 is 20.1 Å². The van der Waals surface area contributed by atoms with E-state index in [9.17, 15) is 9.59 Å². The molecule has 0 radical (unpaired) electrons. The van der Waals surface area contributed by atoms with Crippen LogP contribution >= 0.6 is 0 Å². The maximum absolute atomic E-state index is 12.3. The van der Waals surface area contributed by atoms with Gasteiger partial charge in [-0.1, -0.05) is 66.7 Å². The highest BCUT2D eigenvalue weighted by atomic mass is 16.5. The molecule has 1 heterocycles. The molecule has 34 heavy (non-hydrogen) atoms. The van der Waals surface area contributed by atoms with E-state index in [2.05, 4.69) is 34.6 Å². The van der Waals surface area contributed by atoms with Gasteiger partial charge in [0.25, 0.3) is 0 Å². The second-order valence-corrected chi connectivity index (χ2v) is 8.28. The average molecular weight is 453 g/mol. The third kappa shape index (κ3) is 4.30. The summed E-state index contributed by atoms with van der Waals surface area (Å²) in [5.74, 6) is -0.935. The lowest BCUT2D eigenvalue weighted by Crippen LogP contribution is -2.26. The van der Waals surface area contributed by atoms with Crippen molar-refractivity contribution < 1.29 is 19.4 Å². The first kappa shape index (κ1) is 21.5. The number of carbonyl (C=O) groups excluding carboxylic acids is 1. The molecular weight excluding hydrogens is 428 g/mol. The number of benzene rings is 3. The summed E-state index contributed by atoms with van der Waals surface area (Å²) in [4.78, 5) is 26.2. The van der Waals surface area contributed by atoms with Gasteiger partial charge in [-0.25, -0.2) is 9.59 Å². The Bertz CT molecular complexity index is 1360. The number of rotatable bonds is 7. The molecule has 1 aromatic heterocycles. The highest BCUT2D eigenvalue weighted by Crippen LogP contribution is 2.44. The van der Waals surface area contributed by atoms with Gasteiger partial charge in [0.1, 0.15) is 12.3 Å². The summed E-state index contributed by atoms with van der Waals surface area (Å²) in [6.45, 7) is 0.757. The van der Waals surface area contributed by atoms with E-state index in [0.717, 1.165) is 16.5 Å². The zero-order chi connectivity index (χ0) is 23.5. The lowest BCUT2D eigenvalue weighted by atomic mass is 9.98. The van der Waals surface area contributed by atoms with E-state index in [1.807, 2.05) is 54.6 Å². The van der Waals surface area contributed by atoms with Crippen LogP contribution in [0.3, 0.4) is 0 Å². The van der Waals surface area contributed by atoms with Crippen molar-refractivity contribution in [1.29, 1.82) is 0 Å². The minimum absolute atomic E-state index is 0.0445. The Morgan fingerprint density at radius 1 is 0.971 bits per heavy atom. The number of carbonyl (C=O) groups is 2. The Morgan fingerprint density at radius 2 is 1.68 bits per heavy atom. The van der Waals surface area contributed by atoms with Gasteiger partial charge in [0.15, 0.2) is 0 Å². The van der Waals surface area contributed by atoms with E-state index in [4.69, 9.17) is 9.84 Å². The lowest BCUT2D eigenvalue weighted by Gasteiger charge is -2.14. The Labute approximate surface area is 196 Å². The topological polar surface area (TPSA) is 91.4 Å². The molecule has 5 rings (SSSR count). The molecule has 4 aromatic rings. The standard InChI is InChI=1S/C28H24N2O4/c31-27(32)26-16-19-15-18(12-13-25(19)30-26)7-5-6-14-29-28(33)34-17-24-22-10-3-1-8-20(22)21-9-2-4-11-23(21)24/h1-5,7-13,15-16,24,30H,6,14,17H2,(H,29,33)(H,31,32). The van der Waals surface area contributed by atoms with E-state index in [-0.39, 0.29) is 11.6 Å². The largest absolute Gasteiger partial charge is 0.477 e. The number of carboxylic acid groups (broad SMARTS) is 1. The zero-order valence-corrected chi connectivity index (χ0v) is 18.5. The molecule has 1 aliphatic carbocycles. The molecule has 0 spiro atoms. The molecule has 170 valence electrons. The highest BCUT2D eigenvalue weighted by Gasteiger charge is 2.28. The van der Waals surface area contributed by atoms with Crippen molar-refractivity contribution in [2.24, 2.45) is 0 Å². The second-order valence-electron chi connectivity index (χ2n) is 8.28. The van der Waals surface area contributed by atoms with Crippen molar-refractivity contribution in [2.45, 2.75) is 12.3 Å². The molecule has 0 bridgehead atoms. The van der Waals surface area contributed by atoms with Crippen LogP contribution in [0.15, 0.2) is 78.9 Å². The molecule has 0 aliphatic heterocycles. The minimum atomic E-state index is -0.979. The third-order valence-corrected chi connectivity index (χ3v) is 6.11. The van der Waals surface area contributed by atoms with Crippen LogP contribution in [0, 0.1) is 0 Å². The predicted molar refractivity (Wildman–Crippen MR) is 132 cm³/mol. The summed E-state index contributed by atoms with van der Waals surface area (Å²) in [6, 6.07) is 23.8. The highest BCUT2D eigenvalue weighted by molar-refractivity contribution is 5.94. The molecule has 3 N–H and O–H groups in total. The smallest absolute Gasteiger partial charge is 0.407 e.